The molecule has 0 aliphatic carbocycles. The van der Waals surface area contributed by atoms with E-state index >= 15 is 0 Å². The molecule has 0 saturated carbocycles. The fourth-order valence-corrected chi connectivity index (χ4v) is 2.15. The number of rotatable bonds is 5. The van der Waals surface area contributed by atoms with Crippen LogP contribution in [0.2, 0.25) is 0 Å². The summed E-state index contributed by atoms with van der Waals surface area (Å²) in [7, 11) is -3.75. The zero-order valence-corrected chi connectivity index (χ0v) is 10.1. The molecule has 0 spiro atoms. The maximum absolute atomic E-state index is 11.9. The molecular weight excluding hydrogens is 258 g/mol. The van der Waals surface area contributed by atoms with Crippen molar-refractivity contribution in [2.24, 2.45) is 0 Å². The minimum Gasteiger partial charge on any atom is -0.394 e. The molecule has 0 aromatic carbocycles. The van der Waals surface area contributed by atoms with Gasteiger partial charge in [0.15, 0.2) is 0 Å². The molecule has 0 amide bonds. The summed E-state index contributed by atoms with van der Waals surface area (Å²) in [5, 5.41) is 12.5. The number of anilines is 1. The van der Waals surface area contributed by atoms with E-state index in [-0.39, 0.29) is 24.0 Å². The van der Waals surface area contributed by atoms with Crippen LogP contribution in [0, 0.1) is 0 Å². The van der Waals surface area contributed by atoms with Crippen molar-refractivity contribution in [1.82, 2.24) is 19.7 Å². The molecule has 0 atom stereocenters. The molecule has 0 bridgehead atoms. The van der Waals surface area contributed by atoms with Crippen molar-refractivity contribution in [2.45, 2.75) is 11.4 Å². The van der Waals surface area contributed by atoms with E-state index < -0.39 is 10.0 Å². The van der Waals surface area contributed by atoms with E-state index in [2.05, 4.69) is 19.8 Å². The number of aromatic nitrogens is 4. The van der Waals surface area contributed by atoms with Crippen molar-refractivity contribution in [3.05, 3.63) is 30.9 Å². The highest BCUT2D eigenvalue weighted by Crippen LogP contribution is 2.11. The molecule has 2 aromatic heterocycles. The lowest BCUT2D eigenvalue weighted by Gasteiger charge is -2.03. The fourth-order valence-electron chi connectivity index (χ4n) is 1.24. The Morgan fingerprint density at radius 1 is 1.33 bits per heavy atom. The molecule has 96 valence electrons. The number of nitrogens with zero attached hydrogens (tertiary/aromatic N) is 4. The lowest BCUT2D eigenvalue weighted by molar-refractivity contribution is 0.269. The van der Waals surface area contributed by atoms with E-state index in [0.29, 0.717) is 0 Å². The summed E-state index contributed by atoms with van der Waals surface area (Å²) in [6.07, 6.45) is 5.38. The van der Waals surface area contributed by atoms with Crippen LogP contribution in [0.1, 0.15) is 0 Å². The van der Waals surface area contributed by atoms with Gasteiger partial charge in [-0.3, -0.25) is 4.68 Å². The third-order valence-electron chi connectivity index (χ3n) is 2.04. The highest BCUT2D eigenvalue weighted by atomic mass is 32.2. The number of nitrogens with one attached hydrogen (secondary N) is 1. The molecule has 2 aromatic rings. The standard InChI is InChI=1S/C9H11N5O3S/c15-5-4-14-7-8(6-12-14)18(16,17)13-9-10-2-1-3-11-9/h1-3,6-7,15H,4-5H2,(H,10,11,13). The van der Waals surface area contributed by atoms with E-state index in [1.54, 1.807) is 6.07 Å². The Morgan fingerprint density at radius 3 is 2.72 bits per heavy atom. The first-order valence-electron chi connectivity index (χ1n) is 5.05. The monoisotopic (exact) mass is 269 g/mol. The van der Waals surface area contributed by atoms with Gasteiger partial charge >= 0.3 is 0 Å². The third-order valence-corrected chi connectivity index (χ3v) is 3.32. The molecule has 2 rings (SSSR count). The summed E-state index contributed by atoms with van der Waals surface area (Å²) in [5.74, 6) is -0.00703. The van der Waals surface area contributed by atoms with Gasteiger partial charge in [0.05, 0.1) is 19.3 Å². The Kier molecular flexibility index (Phi) is 3.53. The molecule has 8 nitrogen and oxygen atoms in total. The second kappa shape index (κ2) is 5.10. The van der Waals surface area contributed by atoms with Gasteiger partial charge in [0.25, 0.3) is 10.0 Å². The van der Waals surface area contributed by atoms with Crippen molar-refractivity contribution in [2.75, 3.05) is 11.3 Å². The van der Waals surface area contributed by atoms with E-state index in [0.717, 1.165) is 0 Å². The summed E-state index contributed by atoms with van der Waals surface area (Å²) in [4.78, 5) is 7.52. The molecule has 0 saturated heterocycles. The number of hydrogen-bond donors (Lipinski definition) is 2. The lowest BCUT2D eigenvalue weighted by atomic mass is 10.7. The van der Waals surface area contributed by atoms with Gasteiger partial charge in [-0.25, -0.2) is 23.1 Å². The average Bonchev–Trinajstić information content (AvgIpc) is 2.80. The normalized spacial score (nSPS) is 11.4. The van der Waals surface area contributed by atoms with Crippen molar-refractivity contribution in [3.8, 4) is 0 Å². The van der Waals surface area contributed by atoms with Crippen molar-refractivity contribution >= 4 is 16.0 Å². The number of aliphatic hydroxyl groups excluding tert-OH is 1. The van der Waals surface area contributed by atoms with Gasteiger partial charge in [0, 0.05) is 18.6 Å². The first kappa shape index (κ1) is 12.5. The van der Waals surface area contributed by atoms with Crippen molar-refractivity contribution in [3.63, 3.8) is 0 Å². The van der Waals surface area contributed by atoms with Crippen molar-refractivity contribution < 1.29 is 13.5 Å². The summed E-state index contributed by atoms with van der Waals surface area (Å²) >= 11 is 0. The number of sulfonamides is 1. The third kappa shape index (κ3) is 2.81. The van der Waals surface area contributed by atoms with Gasteiger partial charge < -0.3 is 5.11 Å². The molecular formula is C9H11N5O3S. The molecule has 2 heterocycles. The SMILES string of the molecule is O=S(=O)(Nc1ncccn1)c1cnn(CCO)c1. The Morgan fingerprint density at radius 2 is 2.06 bits per heavy atom. The summed E-state index contributed by atoms with van der Waals surface area (Å²) in [6.45, 7) is 0.119. The van der Waals surface area contributed by atoms with Gasteiger partial charge in [-0.1, -0.05) is 0 Å². The predicted octanol–water partition coefficient (Wildman–Crippen LogP) is -0.534. The highest BCUT2D eigenvalue weighted by molar-refractivity contribution is 7.92. The Labute approximate surface area is 103 Å². The first-order valence-corrected chi connectivity index (χ1v) is 6.53. The van der Waals surface area contributed by atoms with E-state index in [9.17, 15) is 8.42 Å². The van der Waals surface area contributed by atoms with Crippen LogP contribution in [0.4, 0.5) is 5.95 Å². The second-order valence-electron chi connectivity index (χ2n) is 3.34. The predicted molar refractivity (Wildman–Crippen MR) is 62.2 cm³/mol. The van der Waals surface area contributed by atoms with Crippen LogP contribution in [0.25, 0.3) is 0 Å². The van der Waals surface area contributed by atoms with E-state index in [1.807, 2.05) is 0 Å². The first-order chi connectivity index (χ1) is 8.62. The summed E-state index contributed by atoms with van der Waals surface area (Å²) < 4.78 is 27.4. The Hall–Kier alpha value is -2.00. The van der Waals surface area contributed by atoms with Crippen LogP contribution in [0.15, 0.2) is 35.7 Å². The van der Waals surface area contributed by atoms with Gasteiger partial charge in [-0.05, 0) is 6.07 Å². The minimum absolute atomic E-state index is 0.00703. The van der Waals surface area contributed by atoms with Crippen molar-refractivity contribution in [1.29, 1.82) is 0 Å². The lowest BCUT2D eigenvalue weighted by Crippen LogP contribution is -2.14. The smallest absolute Gasteiger partial charge is 0.267 e. The minimum atomic E-state index is -3.75. The average molecular weight is 269 g/mol. The summed E-state index contributed by atoms with van der Waals surface area (Å²) in [6, 6.07) is 1.58. The van der Waals surface area contributed by atoms with Gasteiger partial charge in [-0.2, -0.15) is 5.10 Å². The van der Waals surface area contributed by atoms with Gasteiger partial charge in [-0.15, -0.1) is 0 Å². The molecule has 0 aliphatic heterocycles. The Balaban J connectivity index is 2.20. The zero-order chi connectivity index (χ0) is 13.0. The molecule has 18 heavy (non-hydrogen) atoms. The zero-order valence-electron chi connectivity index (χ0n) is 9.26. The highest BCUT2D eigenvalue weighted by Gasteiger charge is 2.17. The topological polar surface area (TPSA) is 110 Å². The maximum Gasteiger partial charge on any atom is 0.267 e. The molecule has 9 heteroatoms. The van der Waals surface area contributed by atoms with Gasteiger partial charge in [0.1, 0.15) is 4.90 Å². The van der Waals surface area contributed by atoms with Crippen LogP contribution in [-0.2, 0) is 16.6 Å². The second-order valence-corrected chi connectivity index (χ2v) is 5.02. The fraction of sp³-hybridized carbons (Fsp3) is 0.222. The largest absolute Gasteiger partial charge is 0.394 e. The van der Waals surface area contributed by atoms with E-state index in [4.69, 9.17) is 5.11 Å². The molecule has 0 aliphatic rings. The van der Waals surface area contributed by atoms with Crippen LogP contribution >= 0.6 is 0 Å². The maximum atomic E-state index is 11.9. The van der Waals surface area contributed by atoms with Crippen LogP contribution < -0.4 is 4.72 Å². The van der Waals surface area contributed by atoms with Crippen LogP contribution in [0.5, 0.6) is 0 Å². The van der Waals surface area contributed by atoms with E-state index in [1.165, 1.54) is 29.5 Å². The summed E-state index contributed by atoms with van der Waals surface area (Å²) in [5.41, 5.74) is 0. The quantitative estimate of drug-likeness (QED) is 0.754. The molecule has 0 unspecified atom stereocenters. The number of aliphatic hydroxyl groups is 1. The van der Waals surface area contributed by atoms with Gasteiger partial charge in [0.2, 0.25) is 5.95 Å². The molecule has 2 N–H and O–H groups in total. The van der Waals surface area contributed by atoms with Crippen LogP contribution in [0.3, 0.4) is 0 Å². The molecule has 0 radical (unpaired) electrons. The Bertz CT molecular complexity index is 610. The molecule has 0 fully saturated rings. The van der Waals surface area contributed by atoms with Crippen LogP contribution in [-0.4, -0.2) is 39.9 Å². The number of hydrogen-bond acceptors (Lipinski definition) is 6.